The molecule has 0 radical (unpaired) electrons. The summed E-state index contributed by atoms with van der Waals surface area (Å²) in [5, 5.41) is 13.3. The van der Waals surface area contributed by atoms with Gasteiger partial charge in [0.25, 0.3) is 5.91 Å². The van der Waals surface area contributed by atoms with Crippen molar-refractivity contribution in [2.24, 2.45) is 0 Å². The van der Waals surface area contributed by atoms with Gasteiger partial charge in [-0.2, -0.15) is 5.10 Å². The van der Waals surface area contributed by atoms with E-state index in [9.17, 15) is 4.79 Å². The molecule has 2 aromatic rings. The monoisotopic (exact) mass is 400 g/mol. The van der Waals surface area contributed by atoms with Gasteiger partial charge in [-0.25, -0.2) is 0 Å². The number of ether oxygens (including phenoxy) is 1. The fraction of sp³-hybridized carbons (Fsp3) is 0.333. The molecule has 1 aliphatic rings. The van der Waals surface area contributed by atoms with E-state index in [1.807, 2.05) is 18.2 Å². The lowest BCUT2D eigenvalue weighted by Crippen LogP contribution is -2.25. The smallest absolute Gasteiger partial charge is 0.276 e. The third kappa shape index (κ3) is 3.74. The van der Waals surface area contributed by atoms with Gasteiger partial charge in [-0.1, -0.05) is 22.0 Å². The first-order chi connectivity index (χ1) is 10.7. The van der Waals surface area contributed by atoms with E-state index in [0.29, 0.717) is 18.8 Å². The van der Waals surface area contributed by atoms with E-state index in [-0.39, 0.29) is 18.3 Å². The molecule has 0 bridgehead atoms. The molecule has 1 aliphatic heterocycles. The van der Waals surface area contributed by atoms with E-state index in [2.05, 4.69) is 36.8 Å². The highest BCUT2D eigenvalue weighted by molar-refractivity contribution is 9.10. The summed E-state index contributed by atoms with van der Waals surface area (Å²) in [5.74, 6) is -0.211. The number of aromatic nitrogens is 2. The summed E-state index contributed by atoms with van der Waals surface area (Å²) in [6.45, 7) is 1.98. The average molecular weight is 402 g/mol. The van der Waals surface area contributed by atoms with Crippen LogP contribution in [0.3, 0.4) is 0 Å². The summed E-state index contributed by atoms with van der Waals surface area (Å²) in [7, 11) is 1.63. The Morgan fingerprint density at radius 3 is 3.09 bits per heavy atom. The largest absolute Gasteiger partial charge is 0.380 e. The molecule has 1 aromatic heterocycles. The normalized spacial score (nSPS) is 13.1. The Labute approximate surface area is 148 Å². The zero-order chi connectivity index (χ0) is 15.5. The third-order valence-corrected chi connectivity index (χ3v) is 4.42. The number of anilines is 1. The van der Waals surface area contributed by atoms with Crippen LogP contribution in [-0.4, -0.2) is 29.8 Å². The molecule has 0 atom stereocenters. The highest BCUT2D eigenvalue weighted by atomic mass is 79.9. The van der Waals surface area contributed by atoms with E-state index >= 15 is 0 Å². The van der Waals surface area contributed by atoms with Crippen LogP contribution in [0, 0.1) is 0 Å². The van der Waals surface area contributed by atoms with Crippen molar-refractivity contribution in [1.82, 2.24) is 15.5 Å². The van der Waals surface area contributed by atoms with E-state index in [0.717, 1.165) is 39.9 Å². The van der Waals surface area contributed by atoms with Crippen LogP contribution < -0.4 is 10.6 Å². The predicted octanol–water partition coefficient (Wildman–Crippen LogP) is 2.64. The fourth-order valence-electron chi connectivity index (χ4n) is 2.56. The minimum absolute atomic E-state index is 0. The lowest BCUT2D eigenvalue weighted by Gasteiger charge is -2.14. The molecule has 0 saturated carbocycles. The molecule has 8 heteroatoms. The van der Waals surface area contributed by atoms with Crippen molar-refractivity contribution in [3.8, 4) is 0 Å². The second-order valence-electron chi connectivity index (χ2n) is 5.11. The molecule has 0 unspecified atom stereocenters. The predicted molar refractivity (Wildman–Crippen MR) is 94.1 cm³/mol. The van der Waals surface area contributed by atoms with Gasteiger partial charge < -0.3 is 15.4 Å². The standard InChI is InChI=1S/C15H17BrN4O2.ClH/c1-22-8-10-11(16)3-2-4-12(10)18-15(21)14-9-7-17-6-5-13(9)19-20-14;/h2-4,17H,5-8H2,1H3,(H,18,21)(H,19,20);1H. The highest BCUT2D eigenvalue weighted by Crippen LogP contribution is 2.26. The van der Waals surface area contributed by atoms with Crippen LogP contribution in [0.5, 0.6) is 0 Å². The summed E-state index contributed by atoms with van der Waals surface area (Å²) >= 11 is 3.48. The summed E-state index contributed by atoms with van der Waals surface area (Å²) in [6, 6.07) is 5.65. The Morgan fingerprint density at radius 1 is 1.48 bits per heavy atom. The zero-order valence-corrected chi connectivity index (χ0v) is 15.0. The lowest BCUT2D eigenvalue weighted by atomic mass is 10.1. The molecule has 124 valence electrons. The Morgan fingerprint density at radius 2 is 2.30 bits per heavy atom. The molecule has 1 aromatic carbocycles. The topological polar surface area (TPSA) is 79.0 Å². The molecule has 3 N–H and O–H groups in total. The molecule has 0 saturated heterocycles. The van der Waals surface area contributed by atoms with Crippen LogP contribution in [0.15, 0.2) is 22.7 Å². The van der Waals surface area contributed by atoms with Crippen LogP contribution in [-0.2, 0) is 24.3 Å². The highest BCUT2D eigenvalue weighted by Gasteiger charge is 2.22. The molecular formula is C15H18BrClN4O2. The fourth-order valence-corrected chi connectivity index (χ4v) is 3.04. The van der Waals surface area contributed by atoms with Gasteiger partial charge in [0.2, 0.25) is 0 Å². The summed E-state index contributed by atoms with van der Waals surface area (Å²) in [5.41, 5.74) is 4.07. The van der Waals surface area contributed by atoms with Crippen LogP contribution >= 0.6 is 28.3 Å². The summed E-state index contributed by atoms with van der Waals surface area (Å²) < 4.78 is 6.10. The number of aromatic amines is 1. The van der Waals surface area contributed by atoms with Gasteiger partial charge in [-0.15, -0.1) is 12.4 Å². The quantitative estimate of drug-likeness (QED) is 0.736. The molecule has 2 heterocycles. The van der Waals surface area contributed by atoms with Crippen molar-refractivity contribution in [2.45, 2.75) is 19.6 Å². The van der Waals surface area contributed by atoms with Gasteiger partial charge in [0.15, 0.2) is 5.69 Å². The van der Waals surface area contributed by atoms with Crippen LogP contribution in [0.1, 0.15) is 27.3 Å². The van der Waals surface area contributed by atoms with Crippen molar-refractivity contribution in [3.05, 3.63) is 45.2 Å². The number of amides is 1. The summed E-state index contributed by atoms with van der Waals surface area (Å²) in [4.78, 5) is 12.5. The van der Waals surface area contributed by atoms with E-state index in [1.165, 1.54) is 0 Å². The van der Waals surface area contributed by atoms with Gasteiger partial charge in [0.1, 0.15) is 0 Å². The number of benzene rings is 1. The Balaban J connectivity index is 0.00000192. The minimum Gasteiger partial charge on any atom is -0.380 e. The minimum atomic E-state index is -0.211. The number of hydrogen-bond acceptors (Lipinski definition) is 4. The van der Waals surface area contributed by atoms with Crippen molar-refractivity contribution < 1.29 is 9.53 Å². The number of carbonyl (C=O) groups excluding carboxylic acids is 1. The first-order valence-corrected chi connectivity index (χ1v) is 7.84. The molecule has 0 aliphatic carbocycles. The van der Waals surface area contributed by atoms with Gasteiger partial charge in [0, 0.05) is 53.6 Å². The van der Waals surface area contributed by atoms with Crippen LogP contribution in [0.4, 0.5) is 5.69 Å². The van der Waals surface area contributed by atoms with Gasteiger partial charge in [-0.05, 0) is 12.1 Å². The average Bonchev–Trinajstić information content (AvgIpc) is 2.95. The van der Waals surface area contributed by atoms with Crippen molar-refractivity contribution in [1.29, 1.82) is 0 Å². The number of methoxy groups -OCH3 is 1. The lowest BCUT2D eigenvalue weighted by molar-refractivity contribution is 0.102. The number of nitrogens with zero attached hydrogens (tertiary/aromatic N) is 1. The van der Waals surface area contributed by atoms with Gasteiger partial charge in [-0.3, -0.25) is 9.89 Å². The van der Waals surface area contributed by atoms with Gasteiger partial charge in [0.05, 0.1) is 6.61 Å². The number of halogens is 2. The van der Waals surface area contributed by atoms with E-state index in [4.69, 9.17) is 4.74 Å². The Bertz CT molecular complexity index is 705. The van der Waals surface area contributed by atoms with E-state index < -0.39 is 0 Å². The van der Waals surface area contributed by atoms with Crippen LogP contribution in [0.2, 0.25) is 0 Å². The molecular weight excluding hydrogens is 384 g/mol. The number of nitrogens with one attached hydrogen (secondary N) is 3. The number of hydrogen-bond donors (Lipinski definition) is 3. The third-order valence-electron chi connectivity index (χ3n) is 3.68. The maximum Gasteiger partial charge on any atom is 0.276 e. The zero-order valence-electron chi connectivity index (χ0n) is 12.6. The molecule has 0 fully saturated rings. The SMILES string of the molecule is COCc1c(Br)cccc1NC(=O)c1n[nH]c2c1CNCC2.Cl. The maximum absolute atomic E-state index is 12.5. The molecule has 3 rings (SSSR count). The number of fused-ring (bicyclic) bond motifs is 1. The van der Waals surface area contributed by atoms with Gasteiger partial charge >= 0.3 is 0 Å². The molecule has 1 amide bonds. The molecule has 0 spiro atoms. The number of carbonyl (C=O) groups is 1. The maximum atomic E-state index is 12.5. The van der Waals surface area contributed by atoms with Crippen molar-refractivity contribution in [2.75, 3.05) is 19.0 Å². The number of H-pyrrole nitrogens is 1. The number of rotatable bonds is 4. The van der Waals surface area contributed by atoms with Crippen molar-refractivity contribution in [3.63, 3.8) is 0 Å². The molecule has 23 heavy (non-hydrogen) atoms. The van der Waals surface area contributed by atoms with Crippen LogP contribution in [0.25, 0.3) is 0 Å². The second kappa shape index (κ2) is 7.92. The first kappa shape index (κ1) is 17.9. The first-order valence-electron chi connectivity index (χ1n) is 7.05. The Hall–Kier alpha value is -1.41. The second-order valence-corrected chi connectivity index (χ2v) is 5.96. The van der Waals surface area contributed by atoms with Crippen molar-refractivity contribution >= 4 is 39.9 Å². The summed E-state index contributed by atoms with van der Waals surface area (Å²) in [6.07, 6.45) is 0.863. The molecule has 6 nitrogen and oxygen atoms in total. The Kier molecular flexibility index (Phi) is 6.17. The van der Waals surface area contributed by atoms with E-state index in [1.54, 1.807) is 7.11 Å².